The van der Waals surface area contributed by atoms with Gasteiger partial charge in [0, 0.05) is 19.7 Å². The molecule has 24 heavy (non-hydrogen) atoms. The maximum atomic E-state index is 13.9. The quantitative estimate of drug-likeness (QED) is 0.513. The first-order chi connectivity index (χ1) is 11.3. The van der Waals surface area contributed by atoms with E-state index in [9.17, 15) is 24.1 Å². The van der Waals surface area contributed by atoms with E-state index >= 15 is 0 Å². The van der Waals surface area contributed by atoms with Crippen LogP contribution in [0.5, 0.6) is 0 Å². The second-order valence-electron chi connectivity index (χ2n) is 5.22. The molecular weight excluding hydrogens is 321 g/mol. The van der Waals surface area contributed by atoms with Gasteiger partial charge in [0.05, 0.1) is 0 Å². The minimum Gasteiger partial charge on any atom is -0.390 e. The number of fused-ring (bicyclic) bond motifs is 1. The zero-order valence-corrected chi connectivity index (χ0v) is 12.8. The third kappa shape index (κ3) is 2.19. The van der Waals surface area contributed by atoms with Crippen LogP contribution in [-0.2, 0) is 20.6 Å². The first kappa shape index (κ1) is 15.6. The van der Waals surface area contributed by atoms with Gasteiger partial charge in [0.15, 0.2) is 0 Å². The lowest BCUT2D eigenvalue weighted by Crippen LogP contribution is -2.37. The van der Waals surface area contributed by atoms with Crippen LogP contribution in [-0.4, -0.2) is 23.6 Å². The van der Waals surface area contributed by atoms with Crippen LogP contribution >= 0.6 is 0 Å². The number of nitro groups is 1. The fourth-order valence-electron chi connectivity index (χ4n) is 2.56. The first-order valence-corrected chi connectivity index (χ1v) is 6.87. The number of hydrogen-bond donors (Lipinski definition) is 0. The van der Waals surface area contributed by atoms with Gasteiger partial charge in [-0.3, -0.25) is 13.9 Å². The largest absolute Gasteiger partial charge is 0.437 e. The zero-order chi connectivity index (χ0) is 17.6. The Bertz CT molecular complexity index is 1090. The standard InChI is InChI=1S/C14H12FN5O4/c1-17-11-10(12(21)18(2)14(17)22)16-13(20(23)24)19(11)7-8-5-3-4-6-9(8)15/h3-6H,7H2,1-2H3. The molecule has 2 heterocycles. The van der Waals surface area contributed by atoms with Crippen LogP contribution in [0.15, 0.2) is 33.9 Å². The molecular formula is C14H12FN5O4. The molecule has 0 saturated carbocycles. The van der Waals surface area contributed by atoms with E-state index < -0.39 is 27.9 Å². The summed E-state index contributed by atoms with van der Waals surface area (Å²) in [5, 5.41) is 11.3. The molecule has 10 heteroatoms. The Morgan fingerprint density at radius 2 is 1.88 bits per heavy atom. The smallest absolute Gasteiger partial charge is 0.390 e. The van der Waals surface area contributed by atoms with Gasteiger partial charge < -0.3 is 10.1 Å². The molecule has 9 nitrogen and oxygen atoms in total. The summed E-state index contributed by atoms with van der Waals surface area (Å²) in [5.74, 6) is -1.19. The Labute approximate surface area is 133 Å². The number of aromatic nitrogens is 4. The van der Waals surface area contributed by atoms with E-state index in [4.69, 9.17) is 0 Å². The van der Waals surface area contributed by atoms with Crippen LogP contribution in [0.2, 0.25) is 0 Å². The zero-order valence-electron chi connectivity index (χ0n) is 12.8. The predicted molar refractivity (Wildman–Crippen MR) is 82.4 cm³/mol. The summed E-state index contributed by atoms with van der Waals surface area (Å²) in [6.07, 6.45) is 0. The van der Waals surface area contributed by atoms with Crippen LogP contribution in [0, 0.1) is 15.9 Å². The van der Waals surface area contributed by atoms with Crippen LogP contribution in [0.25, 0.3) is 11.2 Å². The molecule has 0 N–H and O–H groups in total. The average molecular weight is 333 g/mol. The third-order valence-corrected chi connectivity index (χ3v) is 3.77. The Morgan fingerprint density at radius 1 is 1.21 bits per heavy atom. The molecule has 0 bridgehead atoms. The Morgan fingerprint density at radius 3 is 2.50 bits per heavy atom. The average Bonchev–Trinajstić information content (AvgIpc) is 2.93. The van der Waals surface area contributed by atoms with Gasteiger partial charge in [-0.25, -0.2) is 13.8 Å². The molecule has 0 aliphatic heterocycles. The number of aryl methyl sites for hydroxylation is 1. The lowest BCUT2D eigenvalue weighted by atomic mass is 10.2. The van der Waals surface area contributed by atoms with E-state index in [2.05, 4.69) is 4.98 Å². The summed E-state index contributed by atoms with van der Waals surface area (Å²) in [7, 11) is 2.62. The van der Waals surface area contributed by atoms with Crippen molar-refractivity contribution in [3.63, 3.8) is 0 Å². The maximum Gasteiger partial charge on any atom is 0.437 e. The molecule has 0 amide bonds. The predicted octanol–water partition coefficient (Wildman–Crippen LogP) is 0.529. The van der Waals surface area contributed by atoms with Crippen LogP contribution in [0.3, 0.4) is 0 Å². The Kier molecular flexibility index (Phi) is 3.51. The van der Waals surface area contributed by atoms with Gasteiger partial charge >= 0.3 is 17.2 Å². The molecule has 2 aromatic heterocycles. The number of hydrogen-bond acceptors (Lipinski definition) is 5. The summed E-state index contributed by atoms with van der Waals surface area (Å²) >= 11 is 0. The number of halogens is 1. The molecule has 0 atom stereocenters. The van der Waals surface area contributed by atoms with E-state index in [1.807, 2.05) is 0 Å². The molecule has 0 aliphatic carbocycles. The minimum atomic E-state index is -0.773. The lowest BCUT2D eigenvalue weighted by molar-refractivity contribution is -0.396. The van der Waals surface area contributed by atoms with Crippen molar-refractivity contribution in [3.8, 4) is 0 Å². The van der Waals surface area contributed by atoms with E-state index in [-0.39, 0.29) is 23.3 Å². The molecule has 1 aromatic carbocycles. The van der Waals surface area contributed by atoms with Gasteiger partial charge in [-0.1, -0.05) is 23.2 Å². The highest BCUT2D eigenvalue weighted by atomic mass is 19.1. The summed E-state index contributed by atoms with van der Waals surface area (Å²) in [4.78, 5) is 38.5. The Hall–Kier alpha value is -3.30. The van der Waals surface area contributed by atoms with Crippen molar-refractivity contribution in [2.45, 2.75) is 6.54 Å². The molecule has 0 saturated heterocycles. The van der Waals surface area contributed by atoms with Crippen molar-refractivity contribution in [2.24, 2.45) is 14.1 Å². The van der Waals surface area contributed by atoms with Crippen molar-refractivity contribution >= 4 is 17.1 Å². The highest BCUT2D eigenvalue weighted by Gasteiger charge is 2.28. The second kappa shape index (κ2) is 5.41. The summed E-state index contributed by atoms with van der Waals surface area (Å²) < 4.78 is 16.8. The molecule has 0 unspecified atom stereocenters. The van der Waals surface area contributed by atoms with Gasteiger partial charge in [-0.05, 0) is 11.0 Å². The minimum absolute atomic E-state index is 0.0296. The van der Waals surface area contributed by atoms with Crippen molar-refractivity contribution in [1.82, 2.24) is 18.7 Å². The van der Waals surface area contributed by atoms with Gasteiger partial charge in [0.1, 0.15) is 12.4 Å². The molecule has 124 valence electrons. The molecule has 0 spiro atoms. The van der Waals surface area contributed by atoms with Crippen LogP contribution < -0.4 is 11.2 Å². The fourth-order valence-corrected chi connectivity index (χ4v) is 2.56. The van der Waals surface area contributed by atoms with E-state index in [1.54, 1.807) is 6.07 Å². The number of rotatable bonds is 3. The lowest BCUT2D eigenvalue weighted by Gasteiger charge is -2.07. The highest BCUT2D eigenvalue weighted by Crippen LogP contribution is 2.20. The second-order valence-corrected chi connectivity index (χ2v) is 5.22. The van der Waals surface area contributed by atoms with Gasteiger partial charge in [0.25, 0.3) is 5.52 Å². The summed E-state index contributed by atoms with van der Waals surface area (Å²) in [6, 6.07) is 5.76. The van der Waals surface area contributed by atoms with E-state index in [0.29, 0.717) is 0 Å². The maximum absolute atomic E-state index is 13.9. The van der Waals surface area contributed by atoms with Gasteiger partial charge in [-0.2, -0.15) is 0 Å². The van der Waals surface area contributed by atoms with E-state index in [0.717, 1.165) is 13.7 Å². The third-order valence-electron chi connectivity index (χ3n) is 3.77. The summed E-state index contributed by atoms with van der Waals surface area (Å²) in [5.41, 5.74) is -1.48. The van der Waals surface area contributed by atoms with Crippen LogP contribution in [0.1, 0.15) is 5.56 Å². The number of nitrogens with zero attached hydrogens (tertiary/aromatic N) is 5. The fraction of sp³-hybridized carbons (Fsp3) is 0.214. The highest BCUT2D eigenvalue weighted by molar-refractivity contribution is 5.72. The number of imidazole rings is 1. The Balaban J connectivity index is 2.40. The molecule has 0 fully saturated rings. The monoisotopic (exact) mass is 333 g/mol. The topological polar surface area (TPSA) is 105 Å². The molecule has 3 rings (SSSR count). The summed E-state index contributed by atoms with van der Waals surface area (Å²) in [6.45, 7) is -0.236. The van der Waals surface area contributed by atoms with Crippen molar-refractivity contribution in [2.75, 3.05) is 0 Å². The first-order valence-electron chi connectivity index (χ1n) is 6.87. The normalized spacial score (nSPS) is 11.1. The molecule has 0 radical (unpaired) electrons. The number of benzene rings is 1. The van der Waals surface area contributed by atoms with Crippen molar-refractivity contribution < 1.29 is 9.31 Å². The van der Waals surface area contributed by atoms with Crippen molar-refractivity contribution in [3.05, 3.63) is 66.6 Å². The van der Waals surface area contributed by atoms with Gasteiger partial charge in [0.2, 0.25) is 5.65 Å². The van der Waals surface area contributed by atoms with Gasteiger partial charge in [-0.15, -0.1) is 0 Å². The SMILES string of the molecule is Cn1c(=O)c2nc([N+](=O)[O-])n(Cc3ccccc3F)c2n(C)c1=O. The molecule has 3 aromatic rings. The van der Waals surface area contributed by atoms with Crippen LogP contribution in [0.4, 0.5) is 10.3 Å². The molecule has 0 aliphatic rings. The van der Waals surface area contributed by atoms with E-state index in [1.165, 1.54) is 32.3 Å². The van der Waals surface area contributed by atoms with Crippen molar-refractivity contribution in [1.29, 1.82) is 0 Å².